The van der Waals surface area contributed by atoms with E-state index < -0.39 is 17.5 Å². The van der Waals surface area contributed by atoms with E-state index in [1.54, 1.807) is 21.9 Å². The molecule has 0 aliphatic carbocycles. The van der Waals surface area contributed by atoms with Gasteiger partial charge in [-0.25, -0.2) is 13.2 Å². The van der Waals surface area contributed by atoms with Gasteiger partial charge in [0.1, 0.15) is 5.82 Å². The summed E-state index contributed by atoms with van der Waals surface area (Å²) in [6.45, 7) is 5.25. The molecule has 35 heavy (non-hydrogen) atoms. The van der Waals surface area contributed by atoms with E-state index in [2.05, 4.69) is 0 Å². The number of hydrogen-bond acceptors (Lipinski definition) is 5. The Labute approximate surface area is 201 Å². The van der Waals surface area contributed by atoms with Crippen molar-refractivity contribution in [3.63, 3.8) is 0 Å². The van der Waals surface area contributed by atoms with Gasteiger partial charge in [-0.3, -0.25) is 19.3 Å². The maximum absolute atomic E-state index is 14.4. The summed E-state index contributed by atoms with van der Waals surface area (Å²) < 4.78 is 41.0. The first-order valence-electron chi connectivity index (χ1n) is 11.5. The van der Waals surface area contributed by atoms with Crippen LogP contribution >= 0.6 is 0 Å². The molecule has 186 valence electrons. The summed E-state index contributed by atoms with van der Waals surface area (Å²) in [5, 5.41) is 0. The third-order valence-corrected chi connectivity index (χ3v) is 6.51. The summed E-state index contributed by atoms with van der Waals surface area (Å²) >= 11 is 0. The lowest BCUT2D eigenvalue weighted by Crippen LogP contribution is -2.54. The van der Waals surface area contributed by atoms with Gasteiger partial charge < -0.3 is 14.7 Å². The zero-order valence-electron chi connectivity index (χ0n) is 19.5. The van der Waals surface area contributed by atoms with Crippen LogP contribution in [0.25, 0.3) is 0 Å². The van der Waals surface area contributed by atoms with E-state index in [0.29, 0.717) is 63.6 Å². The molecule has 0 bridgehead atoms. The Hall–Kier alpha value is -3.40. The number of piperazine rings is 2. The predicted octanol–water partition coefficient (Wildman–Crippen LogP) is 2.41. The number of ketones is 1. The van der Waals surface area contributed by atoms with Gasteiger partial charge in [0.2, 0.25) is 5.91 Å². The van der Waals surface area contributed by atoms with Crippen LogP contribution in [0.4, 0.5) is 18.9 Å². The molecular formula is C25H27F3N4O3. The SMILES string of the molecule is CC(=O)c1ccc(N2CCN(C(=O)CN3CCN(C(=O)c4ccc(F)c(F)c4)CC3)CC2)c(F)c1. The van der Waals surface area contributed by atoms with Crippen LogP contribution in [0.3, 0.4) is 0 Å². The van der Waals surface area contributed by atoms with Crippen LogP contribution in [0.15, 0.2) is 36.4 Å². The Bertz CT molecular complexity index is 1130. The van der Waals surface area contributed by atoms with Gasteiger partial charge in [-0.2, -0.15) is 0 Å². The normalized spacial score (nSPS) is 17.0. The van der Waals surface area contributed by atoms with E-state index in [0.717, 1.165) is 12.1 Å². The van der Waals surface area contributed by atoms with E-state index in [9.17, 15) is 27.6 Å². The van der Waals surface area contributed by atoms with Crippen molar-refractivity contribution in [3.8, 4) is 0 Å². The number of hydrogen-bond donors (Lipinski definition) is 0. The Kier molecular flexibility index (Phi) is 7.39. The van der Waals surface area contributed by atoms with Crippen molar-refractivity contribution >= 4 is 23.3 Å². The van der Waals surface area contributed by atoms with E-state index in [1.807, 2.05) is 9.80 Å². The summed E-state index contributed by atoms with van der Waals surface area (Å²) in [4.78, 5) is 43.9. The summed E-state index contributed by atoms with van der Waals surface area (Å²) in [6.07, 6.45) is 0. The van der Waals surface area contributed by atoms with Gasteiger partial charge in [-0.05, 0) is 43.3 Å². The first-order valence-corrected chi connectivity index (χ1v) is 11.5. The van der Waals surface area contributed by atoms with E-state index in [-0.39, 0.29) is 29.7 Å². The van der Waals surface area contributed by atoms with Crippen LogP contribution in [0.2, 0.25) is 0 Å². The minimum absolute atomic E-state index is 0.0302. The fraction of sp³-hybridized carbons (Fsp3) is 0.400. The standard InChI is InChI=1S/C25H27F3N4O3/c1-17(33)18-3-5-23(22(28)14-18)30-10-12-31(13-11-30)24(34)16-29-6-8-32(9-7-29)25(35)19-2-4-20(26)21(27)15-19/h2-5,14-15H,6-13,16H2,1H3. The first kappa shape index (κ1) is 24.7. The Morgan fingerprint density at radius 1 is 0.714 bits per heavy atom. The lowest BCUT2D eigenvalue weighted by atomic mass is 10.1. The van der Waals surface area contributed by atoms with Gasteiger partial charge >= 0.3 is 0 Å². The highest BCUT2D eigenvalue weighted by Crippen LogP contribution is 2.22. The van der Waals surface area contributed by atoms with E-state index in [1.165, 1.54) is 19.1 Å². The molecule has 2 heterocycles. The molecule has 2 aliphatic heterocycles. The lowest BCUT2D eigenvalue weighted by Gasteiger charge is -2.38. The first-order chi connectivity index (χ1) is 16.7. The highest BCUT2D eigenvalue weighted by atomic mass is 19.2. The van der Waals surface area contributed by atoms with Crippen LogP contribution in [-0.4, -0.2) is 91.2 Å². The molecule has 0 atom stereocenters. The topological polar surface area (TPSA) is 64.2 Å². The number of amides is 2. The van der Waals surface area contributed by atoms with Crippen molar-refractivity contribution in [1.29, 1.82) is 0 Å². The number of rotatable bonds is 5. The number of carbonyl (C=O) groups excluding carboxylic acids is 3. The minimum atomic E-state index is -1.06. The monoisotopic (exact) mass is 488 g/mol. The summed E-state index contributed by atoms with van der Waals surface area (Å²) in [6, 6.07) is 7.55. The second-order valence-corrected chi connectivity index (χ2v) is 8.79. The maximum atomic E-state index is 14.4. The fourth-order valence-corrected chi connectivity index (χ4v) is 4.39. The van der Waals surface area contributed by atoms with Crippen LogP contribution in [0.5, 0.6) is 0 Å². The van der Waals surface area contributed by atoms with Gasteiger partial charge in [-0.15, -0.1) is 0 Å². The summed E-state index contributed by atoms with van der Waals surface area (Å²) in [5.74, 6) is -3.10. The number of carbonyl (C=O) groups is 3. The molecule has 2 aromatic rings. The number of Topliss-reactive ketones (excluding diaryl/α,β-unsaturated/α-hetero) is 1. The van der Waals surface area contributed by atoms with Gasteiger partial charge in [-0.1, -0.05) is 0 Å². The van der Waals surface area contributed by atoms with Crippen LogP contribution < -0.4 is 4.90 Å². The Morgan fingerprint density at radius 3 is 1.91 bits per heavy atom. The molecular weight excluding hydrogens is 461 g/mol. The fourth-order valence-electron chi connectivity index (χ4n) is 4.39. The zero-order valence-corrected chi connectivity index (χ0v) is 19.5. The van der Waals surface area contributed by atoms with Crippen molar-refractivity contribution in [2.24, 2.45) is 0 Å². The number of nitrogens with zero attached hydrogens (tertiary/aromatic N) is 4. The van der Waals surface area contributed by atoms with Gasteiger partial charge in [0.15, 0.2) is 17.4 Å². The molecule has 0 aromatic heterocycles. The van der Waals surface area contributed by atoms with Gasteiger partial charge in [0.25, 0.3) is 5.91 Å². The molecule has 2 saturated heterocycles. The average molecular weight is 489 g/mol. The van der Waals surface area contributed by atoms with Gasteiger partial charge in [0.05, 0.1) is 12.2 Å². The molecule has 0 radical (unpaired) electrons. The predicted molar refractivity (Wildman–Crippen MR) is 124 cm³/mol. The van der Waals surface area contributed by atoms with Crippen molar-refractivity contribution in [1.82, 2.24) is 14.7 Å². The highest BCUT2D eigenvalue weighted by Gasteiger charge is 2.27. The van der Waals surface area contributed by atoms with Crippen LogP contribution in [0, 0.1) is 17.5 Å². The van der Waals surface area contributed by atoms with E-state index >= 15 is 0 Å². The van der Waals surface area contributed by atoms with E-state index in [4.69, 9.17) is 0 Å². The Balaban J connectivity index is 1.24. The molecule has 0 N–H and O–H groups in total. The van der Waals surface area contributed by atoms with Crippen molar-refractivity contribution < 1.29 is 27.6 Å². The molecule has 2 fully saturated rings. The maximum Gasteiger partial charge on any atom is 0.254 e. The van der Waals surface area contributed by atoms with Crippen molar-refractivity contribution in [2.75, 3.05) is 63.8 Å². The molecule has 0 saturated carbocycles. The summed E-state index contributed by atoms with van der Waals surface area (Å²) in [5.41, 5.74) is 0.842. The minimum Gasteiger partial charge on any atom is -0.366 e. The zero-order chi connectivity index (χ0) is 25.1. The highest BCUT2D eigenvalue weighted by molar-refractivity contribution is 5.95. The molecule has 4 rings (SSSR count). The van der Waals surface area contributed by atoms with Crippen LogP contribution in [0.1, 0.15) is 27.6 Å². The average Bonchev–Trinajstić information content (AvgIpc) is 2.85. The number of halogens is 3. The quantitative estimate of drug-likeness (QED) is 0.605. The number of benzene rings is 2. The molecule has 2 aliphatic rings. The van der Waals surface area contributed by atoms with Gasteiger partial charge in [0, 0.05) is 63.5 Å². The molecule has 0 spiro atoms. The molecule has 10 heteroatoms. The Morgan fingerprint density at radius 2 is 1.31 bits per heavy atom. The molecule has 2 aromatic carbocycles. The number of anilines is 1. The third kappa shape index (κ3) is 5.64. The molecule has 0 unspecified atom stereocenters. The largest absolute Gasteiger partial charge is 0.366 e. The molecule has 2 amide bonds. The van der Waals surface area contributed by atoms with Crippen LogP contribution in [-0.2, 0) is 4.79 Å². The third-order valence-electron chi connectivity index (χ3n) is 6.51. The van der Waals surface area contributed by atoms with Crippen molar-refractivity contribution in [2.45, 2.75) is 6.92 Å². The lowest BCUT2D eigenvalue weighted by molar-refractivity contribution is -0.133. The van der Waals surface area contributed by atoms with Crippen molar-refractivity contribution in [3.05, 3.63) is 65.0 Å². The second-order valence-electron chi connectivity index (χ2n) is 8.79. The second kappa shape index (κ2) is 10.5. The summed E-state index contributed by atoms with van der Waals surface area (Å²) in [7, 11) is 0. The molecule has 7 nitrogen and oxygen atoms in total. The smallest absolute Gasteiger partial charge is 0.254 e.